The molecule has 0 aliphatic rings. The lowest BCUT2D eigenvalue weighted by molar-refractivity contribution is -0.143. The molecule has 18 heavy (non-hydrogen) atoms. The third-order valence-electron chi connectivity index (χ3n) is 1.59. The van der Waals surface area contributed by atoms with Gasteiger partial charge in [-0.1, -0.05) is 18.2 Å². The number of para-hydroxylation sites is 1. The fourth-order valence-electron chi connectivity index (χ4n) is 0.878. The molecule has 0 radical (unpaired) electrons. The van der Waals surface area contributed by atoms with E-state index in [1.807, 2.05) is 18.2 Å². The number of primary amides is 1. The molecule has 0 aromatic heterocycles. The zero-order chi connectivity index (χ0) is 14.0. The number of urea groups is 1. The van der Waals surface area contributed by atoms with Crippen LogP contribution in [0.25, 0.3) is 0 Å². The third kappa shape index (κ3) is 9.97. The Morgan fingerprint density at radius 3 is 1.78 bits per heavy atom. The average Bonchev–Trinajstić information content (AvgIpc) is 2.28. The molecule has 5 N–H and O–H groups in total. The molecule has 0 saturated heterocycles. The van der Waals surface area contributed by atoms with Gasteiger partial charge in [0.25, 0.3) is 0 Å². The first-order valence-electron chi connectivity index (χ1n) is 4.97. The topological polar surface area (TPSA) is 130 Å². The Kier molecular flexibility index (Phi) is 7.34. The first-order chi connectivity index (χ1) is 8.41. The van der Waals surface area contributed by atoms with Crippen LogP contribution in [0.3, 0.4) is 0 Å². The molecule has 0 spiro atoms. The maximum absolute atomic E-state index is 10.3. The Morgan fingerprint density at radius 1 is 1.00 bits per heavy atom. The van der Waals surface area contributed by atoms with Crippen molar-refractivity contribution >= 4 is 23.7 Å². The highest BCUT2D eigenvalue weighted by Gasteiger charge is 2.00. The maximum Gasteiger partial charge on any atom is 0.316 e. The van der Waals surface area contributed by atoms with Gasteiger partial charge in [-0.05, 0) is 12.1 Å². The summed E-state index contributed by atoms with van der Waals surface area (Å²) in [5, 5.41) is 18.2. The monoisotopic (exact) mass is 254 g/mol. The predicted octanol–water partition coefficient (Wildman–Crippen LogP) is 1.11. The van der Waals surface area contributed by atoms with Crippen molar-refractivity contribution in [3.63, 3.8) is 0 Å². The SMILES string of the molecule is NC(=O)Nc1ccccc1.O=C(O)CCC(=O)O. The Balaban J connectivity index is 0.000000331. The van der Waals surface area contributed by atoms with Crippen molar-refractivity contribution in [3.8, 4) is 0 Å². The lowest BCUT2D eigenvalue weighted by Crippen LogP contribution is -2.18. The Hall–Kier alpha value is -2.57. The van der Waals surface area contributed by atoms with Gasteiger partial charge in [0.1, 0.15) is 0 Å². The van der Waals surface area contributed by atoms with E-state index in [2.05, 4.69) is 5.32 Å². The molecule has 0 saturated carbocycles. The number of nitrogens with one attached hydrogen (secondary N) is 1. The van der Waals surface area contributed by atoms with Crippen molar-refractivity contribution in [2.24, 2.45) is 5.73 Å². The minimum absolute atomic E-state index is 0.296. The van der Waals surface area contributed by atoms with Crippen LogP contribution in [0.2, 0.25) is 0 Å². The number of carbonyl (C=O) groups is 3. The van der Waals surface area contributed by atoms with Gasteiger partial charge in [-0.3, -0.25) is 9.59 Å². The molecular weight excluding hydrogens is 240 g/mol. The van der Waals surface area contributed by atoms with Crippen LogP contribution in [0.4, 0.5) is 10.5 Å². The highest BCUT2D eigenvalue weighted by molar-refractivity contribution is 5.87. The molecule has 7 nitrogen and oxygen atoms in total. The van der Waals surface area contributed by atoms with Crippen molar-refractivity contribution in [1.29, 1.82) is 0 Å². The highest BCUT2D eigenvalue weighted by atomic mass is 16.4. The molecule has 0 heterocycles. The van der Waals surface area contributed by atoms with Crippen LogP contribution in [-0.4, -0.2) is 28.2 Å². The van der Waals surface area contributed by atoms with Gasteiger partial charge in [0.15, 0.2) is 0 Å². The molecule has 0 unspecified atom stereocenters. The number of aliphatic carboxylic acids is 2. The van der Waals surface area contributed by atoms with E-state index in [1.165, 1.54) is 0 Å². The smallest absolute Gasteiger partial charge is 0.316 e. The zero-order valence-electron chi connectivity index (χ0n) is 9.50. The van der Waals surface area contributed by atoms with E-state index in [-0.39, 0.29) is 12.8 Å². The van der Waals surface area contributed by atoms with E-state index in [1.54, 1.807) is 12.1 Å². The number of hydrogen-bond donors (Lipinski definition) is 4. The number of anilines is 1. The normalized spacial score (nSPS) is 8.67. The Labute approximate surface area is 103 Å². The zero-order valence-corrected chi connectivity index (χ0v) is 9.50. The third-order valence-corrected chi connectivity index (χ3v) is 1.59. The minimum atomic E-state index is -1.08. The summed E-state index contributed by atoms with van der Waals surface area (Å²) in [6.45, 7) is 0. The lowest BCUT2D eigenvalue weighted by atomic mass is 10.3. The number of hydrogen-bond acceptors (Lipinski definition) is 3. The number of benzene rings is 1. The first-order valence-corrected chi connectivity index (χ1v) is 4.97. The number of rotatable bonds is 4. The summed E-state index contributed by atoms with van der Waals surface area (Å²) in [5.41, 5.74) is 5.59. The van der Waals surface area contributed by atoms with E-state index in [0.29, 0.717) is 0 Å². The van der Waals surface area contributed by atoms with Crippen molar-refractivity contribution < 1.29 is 24.6 Å². The quantitative estimate of drug-likeness (QED) is 0.639. The van der Waals surface area contributed by atoms with Gasteiger partial charge in [0.05, 0.1) is 12.8 Å². The van der Waals surface area contributed by atoms with Crippen molar-refractivity contribution in [2.75, 3.05) is 5.32 Å². The van der Waals surface area contributed by atoms with E-state index < -0.39 is 18.0 Å². The molecule has 98 valence electrons. The molecule has 0 atom stereocenters. The van der Waals surface area contributed by atoms with E-state index >= 15 is 0 Å². The summed E-state index contributed by atoms with van der Waals surface area (Å²) in [4.78, 5) is 29.6. The van der Waals surface area contributed by atoms with Gasteiger partial charge in [-0.25, -0.2) is 4.79 Å². The molecule has 2 amide bonds. The fourth-order valence-corrected chi connectivity index (χ4v) is 0.878. The molecule has 0 fully saturated rings. The highest BCUT2D eigenvalue weighted by Crippen LogP contribution is 2.03. The molecule has 1 rings (SSSR count). The van der Waals surface area contributed by atoms with Crippen LogP contribution >= 0.6 is 0 Å². The summed E-state index contributed by atoms with van der Waals surface area (Å²) >= 11 is 0. The summed E-state index contributed by atoms with van der Waals surface area (Å²) in [5.74, 6) is -2.15. The van der Waals surface area contributed by atoms with Gasteiger partial charge in [0, 0.05) is 5.69 Å². The van der Waals surface area contributed by atoms with Crippen LogP contribution in [0, 0.1) is 0 Å². The average molecular weight is 254 g/mol. The van der Waals surface area contributed by atoms with Crippen LogP contribution < -0.4 is 11.1 Å². The maximum atomic E-state index is 10.3. The van der Waals surface area contributed by atoms with Crippen molar-refractivity contribution in [3.05, 3.63) is 30.3 Å². The second-order valence-corrected chi connectivity index (χ2v) is 3.14. The molecule has 1 aromatic carbocycles. The molecule has 0 aliphatic carbocycles. The van der Waals surface area contributed by atoms with Gasteiger partial charge in [-0.15, -0.1) is 0 Å². The Morgan fingerprint density at radius 2 is 1.44 bits per heavy atom. The number of amides is 2. The summed E-state index contributed by atoms with van der Waals surface area (Å²) in [7, 11) is 0. The van der Waals surface area contributed by atoms with E-state index in [9.17, 15) is 14.4 Å². The van der Waals surface area contributed by atoms with Crippen LogP contribution in [0.5, 0.6) is 0 Å². The Bertz CT molecular complexity index is 391. The van der Waals surface area contributed by atoms with Crippen molar-refractivity contribution in [1.82, 2.24) is 0 Å². The van der Waals surface area contributed by atoms with Crippen LogP contribution in [0.15, 0.2) is 30.3 Å². The van der Waals surface area contributed by atoms with E-state index in [0.717, 1.165) is 5.69 Å². The van der Waals surface area contributed by atoms with Gasteiger partial charge < -0.3 is 21.3 Å². The molecule has 0 bridgehead atoms. The van der Waals surface area contributed by atoms with Crippen LogP contribution in [-0.2, 0) is 9.59 Å². The lowest BCUT2D eigenvalue weighted by Gasteiger charge is -1.97. The summed E-state index contributed by atoms with van der Waals surface area (Å²) in [6.07, 6.45) is -0.593. The van der Waals surface area contributed by atoms with Crippen LogP contribution in [0.1, 0.15) is 12.8 Å². The van der Waals surface area contributed by atoms with E-state index in [4.69, 9.17) is 15.9 Å². The summed E-state index contributed by atoms with van der Waals surface area (Å²) < 4.78 is 0. The van der Waals surface area contributed by atoms with Gasteiger partial charge in [-0.2, -0.15) is 0 Å². The second kappa shape index (κ2) is 8.57. The number of nitrogens with two attached hydrogens (primary N) is 1. The standard InChI is InChI=1S/C7H8N2O.C4H6O4/c8-7(10)9-6-4-2-1-3-5-6;5-3(6)1-2-4(7)8/h1-5H,(H3,8,9,10);1-2H2,(H,5,6)(H,7,8). The largest absolute Gasteiger partial charge is 0.481 e. The van der Waals surface area contributed by atoms with Gasteiger partial charge >= 0.3 is 18.0 Å². The predicted molar refractivity (Wildman–Crippen MR) is 64.2 cm³/mol. The summed E-state index contributed by atoms with van der Waals surface area (Å²) in [6, 6.07) is 8.52. The molecular formula is C11H14N2O5. The second-order valence-electron chi connectivity index (χ2n) is 3.14. The minimum Gasteiger partial charge on any atom is -0.481 e. The number of carboxylic acids is 2. The number of carboxylic acid groups (broad SMARTS) is 2. The van der Waals surface area contributed by atoms with Gasteiger partial charge in [0.2, 0.25) is 0 Å². The van der Waals surface area contributed by atoms with Crippen molar-refractivity contribution in [2.45, 2.75) is 12.8 Å². The molecule has 0 aliphatic heterocycles. The first kappa shape index (κ1) is 15.4. The molecule has 7 heteroatoms. The number of carbonyl (C=O) groups excluding carboxylic acids is 1. The molecule has 1 aromatic rings. The fraction of sp³-hybridized carbons (Fsp3) is 0.182.